The number of hydrogen-bond acceptors (Lipinski definition) is 4. The molecule has 4 aliphatic rings. The van der Waals surface area contributed by atoms with Gasteiger partial charge in [-0.25, -0.2) is 0 Å². The van der Waals surface area contributed by atoms with Crippen LogP contribution in [0.5, 0.6) is 0 Å². The number of ether oxygens (including phenoxy) is 2. The van der Waals surface area contributed by atoms with E-state index in [4.69, 9.17) is 9.47 Å². The van der Waals surface area contributed by atoms with Gasteiger partial charge in [0.05, 0.1) is 31.0 Å². The summed E-state index contributed by atoms with van der Waals surface area (Å²) < 4.78 is 12.1. The zero-order chi connectivity index (χ0) is 25.5. The van der Waals surface area contributed by atoms with Gasteiger partial charge >= 0.3 is 0 Å². The largest absolute Gasteiger partial charge is 0.392 e. The smallest absolute Gasteiger partial charge is 0.243 e. The predicted octanol–water partition coefficient (Wildman–Crippen LogP) is 5.58. The molecular formula is C31H45NO4. The van der Waals surface area contributed by atoms with Gasteiger partial charge in [-0.15, -0.1) is 0 Å². The molecule has 0 saturated heterocycles. The molecule has 1 fully saturated rings. The molecule has 3 heterocycles. The van der Waals surface area contributed by atoms with Crippen molar-refractivity contribution in [3.8, 4) is 0 Å². The lowest BCUT2D eigenvalue weighted by atomic mass is 9.90. The predicted molar refractivity (Wildman–Crippen MR) is 144 cm³/mol. The summed E-state index contributed by atoms with van der Waals surface area (Å²) in [6.07, 6.45) is 22.1. The maximum atomic E-state index is 12.8. The number of carbonyl (C=O) groups excluding carboxylic acids is 1. The first-order valence-electron chi connectivity index (χ1n) is 13.9. The van der Waals surface area contributed by atoms with Gasteiger partial charge in [-0.2, -0.15) is 0 Å². The van der Waals surface area contributed by atoms with Gasteiger partial charge in [0, 0.05) is 6.04 Å². The van der Waals surface area contributed by atoms with E-state index in [-0.39, 0.29) is 36.4 Å². The van der Waals surface area contributed by atoms with E-state index < -0.39 is 0 Å². The van der Waals surface area contributed by atoms with Crippen LogP contribution in [0.4, 0.5) is 0 Å². The Bertz CT molecular complexity index is 887. The van der Waals surface area contributed by atoms with E-state index in [2.05, 4.69) is 56.1 Å². The Morgan fingerprint density at radius 2 is 2.03 bits per heavy atom. The third-order valence-corrected chi connectivity index (χ3v) is 8.00. The van der Waals surface area contributed by atoms with Gasteiger partial charge in [-0.05, 0) is 88.5 Å². The number of aliphatic hydroxyl groups is 1. The average molecular weight is 496 g/mol. The molecule has 0 aromatic carbocycles. The molecule has 1 saturated carbocycles. The fourth-order valence-corrected chi connectivity index (χ4v) is 6.01. The van der Waals surface area contributed by atoms with Crippen molar-refractivity contribution in [1.82, 2.24) is 5.32 Å². The highest BCUT2D eigenvalue weighted by Gasteiger charge is 2.43. The summed E-state index contributed by atoms with van der Waals surface area (Å²) in [6.45, 7) is 9.35. The Morgan fingerprint density at radius 1 is 1.17 bits per heavy atom. The zero-order valence-electron chi connectivity index (χ0n) is 22.1. The lowest BCUT2D eigenvalue weighted by molar-refractivity contribution is -0.117. The van der Waals surface area contributed by atoms with E-state index in [1.165, 1.54) is 5.57 Å². The maximum absolute atomic E-state index is 12.8. The summed E-state index contributed by atoms with van der Waals surface area (Å²) in [5.74, 6) is 1.16. The fourth-order valence-electron chi connectivity index (χ4n) is 6.01. The molecule has 198 valence electrons. The normalized spacial score (nSPS) is 39.5. The standard InChI is InChI=1S/C31H45NO4/c1-21-13-14-35-27(16-21)10-4-7-25-19-24-20-29(24)30(33)18-23(3)15-22(2)17-28-11-5-8-26(36-28)9-6-12-31(34)32-25/h4-6,8,10,12-13,22,24-30,33H,3,7,9,11,14-20H2,1-2H3,(H,32,34)/b10-4+,12-6-/t22-,24+,25+,26-,27+,28-,29+,30-/m0/s1. The lowest BCUT2D eigenvalue weighted by Gasteiger charge is -2.28. The van der Waals surface area contributed by atoms with Crippen LogP contribution < -0.4 is 5.32 Å². The quantitative estimate of drug-likeness (QED) is 0.502. The molecule has 0 unspecified atom stereocenters. The van der Waals surface area contributed by atoms with Crippen LogP contribution in [0.2, 0.25) is 0 Å². The molecule has 0 aromatic heterocycles. The number of fused-ring (bicyclic) bond motifs is 3. The number of carbonyl (C=O) groups is 1. The Hall–Kier alpha value is -1.95. The summed E-state index contributed by atoms with van der Waals surface area (Å²) in [4.78, 5) is 12.8. The molecule has 36 heavy (non-hydrogen) atoms. The molecule has 4 rings (SSSR count). The van der Waals surface area contributed by atoms with E-state index in [9.17, 15) is 9.90 Å². The molecule has 1 amide bonds. The van der Waals surface area contributed by atoms with Crippen LogP contribution in [-0.2, 0) is 14.3 Å². The van der Waals surface area contributed by atoms with E-state index in [1.807, 2.05) is 6.08 Å². The topological polar surface area (TPSA) is 67.8 Å². The van der Waals surface area contributed by atoms with E-state index in [1.54, 1.807) is 6.08 Å². The molecule has 0 aromatic rings. The molecular weight excluding hydrogens is 450 g/mol. The Balaban J connectivity index is 1.40. The highest BCUT2D eigenvalue weighted by molar-refractivity contribution is 5.87. The second-order valence-corrected chi connectivity index (χ2v) is 11.6. The molecule has 8 atom stereocenters. The molecule has 5 nitrogen and oxygen atoms in total. The van der Waals surface area contributed by atoms with Gasteiger partial charge < -0.3 is 19.9 Å². The van der Waals surface area contributed by atoms with Crippen molar-refractivity contribution in [2.45, 2.75) is 102 Å². The van der Waals surface area contributed by atoms with Gasteiger partial charge in [0.2, 0.25) is 5.91 Å². The van der Waals surface area contributed by atoms with E-state index in [0.717, 1.165) is 50.5 Å². The van der Waals surface area contributed by atoms with Crippen molar-refractivity contribution in [2.75, 3.05) is 6.61 Å². The van der Waals surface area contributed by atoms with Gasteiger partial charge in [0.15, 0.2) is 0 Å². The summed E-state index contributed by atoms with van der Waals surface area (Å²) in [5.41, 5.74) is 2.50. The van der Waals surface area contributed by atoms with Crippen molar-refractivity contribution < 1.29 is 19.4 Å². The highest BCUT2D eigenvalue weighted by atomic mass is 16.5. The molecule has 1 aliphatic carbocycles. The second kappa shape index (κ2) is 13.0. The van der Waals surface area contributed by atoms with Gasteiger partial charge in [-0.1, -0.05) is 61.1 Å². The molecule has 3 aliphatic heterocycles. The Kier molecular flexibility index (Phi) is 9.80. The van der Waals surface area contributed by atoms with Crippen LogP contribution in [0.25, 0.3) is 0 Å². The van der Waals surface area contributed by atoms with Crippen molar-refractivity contribution in [3.05, 3.63) is 60.3 Å². The monoisotopic (exact) mass is 495 g/mol. The van der Waals surface area contributed by atoms with Crippen molar-refractivity contribution in [2.24, 2.45) is 17.8 Å². The Morgan fingerprint density at radius 3 is 2.86 bits per heavy atom. The van der Waals surface area contributed by atoms with Crippen molar-refractivity contribution >= 4 is 5.91 Å². The number of hydrogen-bond donors (Lipinski definition) is 2. The molecule has 0 radical (unpaired) electrons. The van der Waals surface area contributed by atoms with Crippen LogP contribution in [-0.4, -0.2) is 48.1 Å². The SMILES string of the molecule is C=C1C[C@H](C)C[C@@H]2CC=C[C@@H](C/C=C\C(=O)N[C@H](C/C=C/[C@@H]3CC(C)=CCO3)C[C@@H]3C[C@H]3[C@@H](O)C1)O2. The minimum atomic E-state index is -0.344. The summed E-state index contributed by atoms with van der Waals surface area (Å²) in [6, 6.07) is 0.0399. The van der Waals surface area contributed by atoms with Gasteiger partial charge in [0.1, 0.15) is 0 Å². The number of amides is 1. The molecule has 2 bridgehead atoms. The first-order chi connectivity index (χ1) is 17.4. The summed E-state index contributed by atoms with van der Waals surface area (Å²) >= 11 is 0. The lowest BCUT2D eigenvalue weighted by Crippen LogP contribution is -2.34. The summed E-state index contributed by atoms with van der Waals surface area (Å²) in [7, 11) is 0. The van der Waals surface area contributed by atoms with Crippen LogP contribution >= 0.6 is 0 Å². The minimum absolute atomic E-state index is 0.0165. The first-order valence-corrected chi connectivity index (χ1v) is 13.9. The second-order valence-electron chi connectivity index (χ2n) is 11.6. The molecule has 0 spiro atoms. The minimum Gasteiger partial charge on any atom is -0.392 e. The summed E-state index contributed by atoms with van der Waals surface area (Å²) in [5, 5.41) is 14.1. The van der Waals surface area contributed by atoms with Crippen molar-refractivity contribution in [1.29, 1.82) is 0 Å². The number of aliphatic hydroxyl groups excluding tert-OH is 1. The van der Waals surface area contributed by atoms with Crippen LogP contribution in [0.3, 0.4) is 0 Å². The third-order valence-electron chi connectivity index (χ3n) is 8.00. The van der Waals surface area contributed by atoms with Crippen LogP contribution in [0.1, 0.15) is 71.6 Å². The average Bonchev–Trinajstić information content (AvgIpc) is 3.58. The van der Waals surface area contributed by atoms with E-state index in [0.29, 0.717) is 37.2 Å². The molecule has 2 N–H and O–H groups in total. The number of nitrogens with one attached hydrogen (secondary N) is 1. The maximum Gasteiger partial charge on any atom is 0.243 e. The first kappa shape index (κ1) is 27.1. The van der Waals surface area contributed by atoms with Gasteiger partial charge in [0.25, 0.3) is 0 Å². The third kappa shape index (κ3) is 8.57. The van der Waals surface area contributed by atoms with Crippen LogP contribution in [0.15, 0.2) is 60.3 Å². The molecule has 5 heteroatoms. The van der Waals surface area contributed by atoms with Crippen LogP contribution in [0, 0.1) is 17.8 Å². The van der Waals surface area contributed by atoms with E-state index >= 15 is 0 Å². The van der Waals surface area contributed by atoms with Gasteiger partial charge in [-0.3, -0.25) is 4.79 Å². The van der Waals surface area contributed by atoms with Crippen molar-refractivity contribution in [3.63, 3.8) is 0 Å². The highest BCUT2D eigenvalue weighted by Crippen LogP contribution is 2.46. The zero-order valence-corrected chi connectivity index (χ0v) is 22.1. The Labute approximate surface area is 217 Å². The number of rotatable bonds is 3. The fraction of sp³-hybridized carbons (Fsp3) is 0.645.